The molecule has 3 saturated heterocycles. The number of methoxy groups -OCH3 is 1. The van der Waals surface area contributed by atoms with E-state index in [1.165, 1.54) is 7.11 Å². The number of carbonyl (C=O) groups excluding carboxylic acids is 1. The highest BCUT2D eigenvalue weighted by Crippen LogP contribution is 2.45. The predicted molar refractivity (Wildman–Crippen MR) is 56.0 cm³/mol. The fraction of sp³-hybridized carbons (Fsp3) is 0.909. The van der Waals surface area contributed by atoms with E-state index in [0.29, 0.717) is 6.42 Å². The van der Waals surface area contributed by atoms with Crippen molar-refractivity contribution in [2.45, 2.75) is 30.6 Å². The van der Waals surface area contributed by atoms with Gasteiger partial charge in [0.05, 0.1) is 13.2 Å². The minimum absolute atomic E-state index is 0.171. The molecule has 18 heavy (non-hydrogen) atoms. The van der Waals surface area contributed by atoms with E-state index in [2.05, 4.69) is 0 Å². The van der Waals surface area contributed by atoms with Crippen molar-refractivity contribution in [2.75, 3.05) is 26.9 Å². The molecule has 3 aliphatic heterocycles. The molecule has 4 atom stereocenters. The van der Waals surface area contributed by atoms with Crippen molar-refractivity contribution in [3.05, 3.63) is 0 Å². The maximum absolute atomic E-state index is 13.0. The van der Waals surface area contributed by atoms with Gasteiger partial charge in [-0.05, 0) is 12.8 Å². The second kappa shape index (κ2) is 4.47. The summed E-state index contributed by atoms with van der Waals surface area (Å²) in [6.07, 6.45) is -4.15. The Morgan fingerprint density at radius 3 is 2.72 bits per heavy atom. The Labute approximate surface area is 103 Å². The average Bonchev–Trinajstić information content (AvgIpc) is 2.32. The summed E-state index contributed by atoms with van der Waals surface area (Å²) in [5.74, 6) is -0.942. The number of fused-ring (bicyclic) bond motifs is 3. The fourth-order valence-electron chi connectivity index (χ4n) is 3.15. The van der Waals surface area contributed by atoms with Crippen molar-refractivity contribution in [3.63, 3.8) is 0 Å². The molecule has 104 valence electrons. The van der Waals surface area contributed by atoms with Gasteiger partial charge in [0.25, 0.3) is 0 Å². The van der Waals surface area contributed by atoms with Gasteiger partial charge in [-0.1, -0.05) is 0 Å². The van der Waals surface area contributed by atoms with E-state index >= 15 is 0 Å². The molecule has 0 aliphatic carbocycles. The van der Waals surface area contributed by atoms with Gasteiger partial charge in [-0.15, -0.1) is 0 Å². The van der Waals surface area contributed by atoms with E-state index in [1.54, 1.807) is 0 Å². The molecule has 0 spiro atoms. The summed E-state index contributed by atoms with van der Waals surface area (Å²) in [6, 6.07) is -1.66. The van der Waals surface area contributed by atoms with Crippen molar-refractivity contribution in [1.82, 2.24) is 4.90 Å². The molecular formula is C11H16F3NO3. The van der Waals surface area contributed by atoms with E-state index in [4.69, 9.17) is 4.74 Å². The largest absolute Gasteiger partial charge is 0.404 e. The normalized spacial score (nSPS) is 40.3. The van der Waals surface area contributed by atoms with Gasteiger partial charge >= 0.3 is 6.18 Å². The zero-order valence-corrected chi connectivity index (χ0v) is 10.0. The zero-order valence-electron chi connectivity index (χ0n) is 10.0. The SMILES string of the molecule is COC[C@]1(CO)C(=O)[C@@H]2CCN1[C@@H](C(F)(F)F)C2. The van der Waals surface area contributed by atoms with E-state index in [0.717, 1.165) is 4.90 Å². The molecule has 0 amide bonds. The first-order valence-corrected chi connectivity index (χ1v) is 5.84. The lowest BCUT2D eigenvalue weighted by Crippen LogP contribution is -2.74. The van der Waals surface area contributed by atoms with Gasteiger partial charge in [0, 0.05) is 19.6 Å². The average molecular weight is 267 g/mol. The summed E-state index contributed by atoms with van der Waals surface area (Å²) >= 11 is 0. The maximum Gasteiger partial charge on any atom is 0.404 e. The second-order valence-corrected chi connectivity index (χ2v) is 4.96. The summed E-state index contributed by atoms with van der Waals surface area (Å²) in [5.41, 5.74) is -1.52. The smallest absolute Gasteiger partial charge is 0.394 e. The van der Waals surface area contributed by atoms with Crippen molar-refractivity contribution in [3.8, 4) is 0 Å². The number of hydrogen-bond acceptors (Lipinski definition) is 4. The molecule has 7 heteroatoms. The lowest BCUT2D eigenvalue weighted by Gasteiger charge is -2.55. The van der Waals surface area contributed by atoms with E-state index in [-0.39, 0.29) is 25.4 Å². The van der Waals surface area contributed by atoms with Crippen molar-refractivity contribution in [1.29, 1.82) is 0 Å². The first-order valence-electron chi connectivity index (χ1n) is 5.84. The Kier molecular flexibility index (Phi) is 3.42. The maximum atomic E-state index is 13.0. The number of aliphatic hydroxyl groups excluding tert-OH is 1. The number of aliphatic hydroxyl groups is 1. The Morgan fingerprint density at radius 2 is 2.22 bits per heavy atom. The van der Waals surface area contributed by atoms with E-state index in [1.807, 2.05) is 0 Å². The number of hydrogen-bond donors (Lipinski definition) is 1. The standard InChI is InChI=1S/C11H16F3NO3/c1-18-6-10(5-16)9(17)7-2-3-15(10)8(4-7)11(12,13)14/h7-8,16H,2-6H2,1H3/t7-,8-,10-/m1/s1. The third-order valence-electron chi connectivity index (χ3n) is 4.00. The highest BCUT2D eigenvalue weighted by Gasteiger charge is 2.62. The summed E-state index contributed by atoms with van der Waals surface area (Å²) in [5, 5.41) is 9.44. The summed E-state index contributed by atoms with van der Waals surface area (Å²) in [6.45, 7) is -0.668. The number of piperidine rings is 3. The van der Waals surface area contributed by atoms with Gasteiger partial charge in [0.2, 0.25) is 0 Å². The lowest BCUT2D eigenvalue weighted by atomic mass is 9.70. The van der Waals surface area contributed by atoms with Crippen LogP contribution in [0.4, 0.5) is 13.2 Å². The van der Waals surface area contributed by atoms with Gasteiger partial charge in [0.15, 0.2) is 5.78 Å². The Bertz CT molecular complexity index is 347. The summed E-state index contributed by atoms with van der Waals surface area (Å²) < 4.78 is 43.8. The van der Waals surface area contributed by atoms with Crippen LogP contribution < -0.4 is 0 Å². The van der Waals surface area contributed by atoms with Crippen LogP contribution in [-0.2, 0) is 9.53 Å². The number of alkyl halides is 3. The van der Waals surface area contributed by atoms with Crippen LogP contribution in [0.3, 0.4) is 0 Å². The van der Waals surface area contributed by atoms with Crippen LogP contribution in [0, 0.1) is 5.92 Å². The molecule has 0 radical (unpaired) electrons. The fourth-order valence-corrected chi connectivity index (χ4v) is 3.15. The number of rotatable bonds is 3. The third-order valence-corrected chi connectivity index (χ3v) is 4.00. The third kappa shape index (κ3) is 1.85. The first-order chi connectivity index (χ1) is 8.36. The molecule has 0 aromatic carbocycles. The molecule has 0 aromatic heterocycles. The van der Waals surface area contributed by atoms with Gasteiger partial charge < -0.3 is 9.84 Å². The number of nitrogens with zero attached hydrogens (tertiary/aromatic N) is 1. The van der Waals surface area contributed by atoms with Crippen LogP contribution in [0.5, 0.6) is 0 Å². The van der Waals surface area contributed by atoms with Gasteiger partial charge in [0.1, 0.15) is 11.6 Å². The quantitative estimate of drug-likeness (QED) is 0.813. The monoisotopic (exact) mass is 267 g/mol. The van der Waals surface area contributed by atoms with E-state index < -0.39 is 30.3 Å². The van der Waals surface area contributed by atoms with Gasteiger partial charge in [-0.2, -0.15) is 13.2 Å². The topological polar surface area (TPSA) is 49.8 Å². The Balaban J connectivity index is 2.37. The van der Waals surface area contributed by atoms with E-state index in [9.17, 15) is 23.1 Å². The van der Waals surface area contributed by atoms with Crippen molar-refractivity contribution in [2.24, 2.45) is 5.92 Å². The molecule has 3 heterocycles. The Morgan fingerprint density at radius 1 is 1.56 bits per heavy atom. The van der Waals surface area contributed by atoms with Crippen LogP contribution >= 0.6 is 0 Å². The number of ether oxygens (including phenoxy) is 1. The van der Waals surface area contributed by atoms with Crippen LogP contribution in [0.15, 0.2) is 0 Å². The number of carbonyl (C=O) groups is 1. The molecule has 1 unspecified atom stereocenters. The highest BCUT2D eigenvalue weighted by atomic mass is 19.4. The van der Waals surface area contributed by atoms with Gasteiger partial charge in [-0.3, -0.25) is 9.69 Å². The molecule has 3 rings (SSSR count). The number of halogens is 3. The molecule has 2 bridgehead atoms. The molecule has 3 fully saturated rings. The van der Waals surface area contributed by atoms with Gasteiger partial charge in [-0.25, -0.2) is 0 Å². The lowest BCUT2D eigenvalue weighted by molar-refractivity contribution is -0.234. The predicted octanol–water partition coefficient (Wildman–Crippen LogP) is 0.590. The molecule has 4 nitrogen and oxygen atoms in total. The van der Waals surface area contributed by atoms with Crippen LogP contribution in [0.25, 0.3) is 0 Å². The minimum Gasteiger partial charge on any atom is -0.394 e. The summed E-state index contributed by atoms with van der Waals surface area (Å²) in [4.78, 5) is 13.2. The van der Waals surface area contributed by atoms with Crippen molar-refractivity contribution >= 4 is 5.78 Å². The van der Waals surface area contributed by atoms with Crippen LogP contribution in [0.1, 0.15) is 12.8 Å². The molecule has 0 aromatic rings. The molecule has 0 saturated carbocycles. The second-order valence-electron chi connectivity index (χ2n) is 4.96. The summed E-state index contributed by atoms with van der Waals surface area (Å²) in [7, 11) is 1.32. The van der Waals surface area contributed by atoms with Crippen LogP contribution in [-0.4, -0.2) is 60.4 Å². The zero-order chi connectivity index (χ0) is 13.6. The molecule has 3 aliphatic rings. The molecule has 1 N–H and O–H groups in total. The molecular weight excluding hydrogens is 251 g/mol. The minimum atomic E-state index is -4.38. The number of Topliss-reactive ketones (excluding diaryl/α,β-unsaturated/α-hetero) is 1. The highest BCUT2D eigenvalue weighted by molar-refractivity contribution is 5.92. The first kappa shape index (κ1) is 13.8. The number of ketones is 1. The Hall–Kier alpha value is -0.660. The van der Waals surface area contributed by atoms with Crippen LogP contribution in [0.2, 0.25) is 0 Å². The van der Waals surface area contributed by atoms with Crippen molar-refractivity contribution < 1.29 is 27.8 Å².